The molecule has 2 atom stereocenters. The molecular formula is C44H51FN10O4. The van der Waals surface area contributed by atoms with Gasteiger partial charge in [0, 0.05) is 94.6 Å². The number of benzene rings is 2. The lowest BCUT2D eigenvalue weighted by molar-refractivity contribution is -0.0551. The summed E-state index contributed by atoms with van der Waals surface area (Å²) in [6.45, 7) is 11.2. The minimum Gasteiger partial charge on any atom is -0.497 e. The SMILES string of the molecule is COc1ccc(CN(C)c2cc(N3CCc4c(-c5ncc(CN6CC7(CCN(C(=O)OC(C)(C)C)CC7)C6)cn5)cccc43)nn3c(C(=O)N[C@@H]4C[C@@H]4F)cnc23)cc1. The number of ether oxygens (including phenoxy) is 2. The van der Waals surface area contributed by atoms with Crippen molar-refractivity contribution in [1.82, 2.24) is 39.7 Å². The number of fused-ring (bicyclic) bond motifs is 2. The minimum absolute atomic E-state index is 0.216. The van der Waals surface area contributed by atoms with Crippen LogP contribution in [0.1, 0.15) is 67.2 Å². The molecule has 3 aromatic heterocycles. The van der Waals surface area contributed by atoms with Crippen molar-refractivity contribution in [3.63, 3.8) is 0 Å². The Morgan fingerprint density at radius 2 is 1.71 bits per heavy atom. The number of hydrogen-bond donors (Lipinski definition) is 1. The molecule has 1 saturated carbocycles. The highest BCUT2D eigenvalue weighted by Gasteiger charge is 2.46. The predicted molar refractivity (Wildman–Crippen MR) is 222 cm³/mol. The summed E-state index contributed by atoms with van der Waals surface area (Å²) in [6.07, 6.45) is 7.17. The lowest BCUT2D eigenvalue weighted by Gasteiger charge is -2.54. The summed E-state index contributed by atoms with van der Waals surface area (Å²) in [5, 5.41) is 7.78. The zero-order valence-electron chi connectivity index (χ0n) is 34.3. The van der Waals surface area contributed by atoms with Crippen molar-refractivity contribution in [3.05, 3.63) is 89.5 Å². The number of halogens is 1. The van der Waals surface area contributed by atoms with Gasteiger partial charge in [-0.2, -0.15) is 0 Å². The number of rotatable bonds is 10. The number of piperidine rings is 1. The third-order valence-corrected chi connectivity index (χ3v) is 11.9. The van der Waals surface area contributed by atoms with Crippen LogP contribution >= 0.6 is 0 Å². The summed E-state index contributed by atoms with van der Waals surface area (Å²) >= 11 is 0. The Bertz CT molecular complexity index is 2360. The number of aromatic nitrogens is 5. The van der Waals surface area contributed by atoms with Crippen molar-refractivity contribution in [2.75, 3.05) is 56.7 Å². The first-order valence-corrected chi connectivity index (χ1v) is 20.4. The van der Waals surface area contributed by atoms with Gasteiger partial charge >= 0.3 is 6.09 Å². The molecule has 0 bridgehead atoms. The topological polar surface area (TPSA) is 134 Å². The number of likely N-dealkylation sites (tertiary alicyclic amines) is 2. The fraction of sp³-hybridized carbons (Fsp3) is 0.455. The number of nitrogens with zero attached hydrogens (tertiary/aromatic N) is 9. The molecule has 308 valence electrons. The van der Waals surface area contributed by atoms with Gasteiger partial charge < -0.3 is 29.5 Å². The number of anilines is 3. The smallest absolute Gasteiger partial charge is 0.410 e. The summed E-state index contributed by atoms with van der Waals surface area (Å²) in [5.41, 5.74) is 6.58. The van der Waals surface area contributed by atoms with Crippen molar-refractivity contribution in [2.45, 2.75) is 77.4 Å². The fourth-order valence-corrected chi connectivity index (χ4v) is 8.69. The molecule has 1 spiro atoms. The molecule has 59 heavy (non-hydrogen) atoms. The Balaban J connectivity index is 0.917. The number of carbonyl (C=O) groups is 2. The summed E-state index contributed by atoms with van der Waals surface area (Å²) in [5.74, 6) is 1.70. The lowest BCUT2D eigenvalue weighted by atomic mass is 9.72. The van der Waals surface area contributed by atoms with E-state index in [2.05, 4.69) is 37.1 Å². The van der Waals surface area contributed by atoms with E-state index in [1.807, 2.05) is 81.5 Å². The van der Waals surface area contributed by atoms with Crippen molar-refractivity contribution in [1.29, 1.82) is 0 Å². The average Bonchev–Trinajstić information content (AvgIpc) is 3.53. The van der Waals surface area contributed by atoms with E-state index in [9.17, 15) is 14.0 Å². The molecule has 3 fully saturated rings. The molecule has 0 unspecified atom stereocenters. The van der Waals surface area contributed by atoms with Crippen LogP contribution in [0.25, 0.3) is 17.0 Å². The van der Waals surface area contributed by atoms with Crippen LogP contribution in [0.5, 0.6) is 5.75 Å². The van der Waals surface area contributed by atoms with Gasteiger partial charge in [0.15, 0.2) is 23.0 Å². The average molecular weight is 803 g/mol. The van der Waals surface area contributed by atoms with E-state index in [1.54, 1.807) is 11.6 Å². The Morgan fingerprint density at radius 1 is 0.983 bits per heavy atom. The lowest BCUT2D eigenvalue weighted by Crippen LogP contribution is -2.60. The molecule has 1 aliphatic carbocycles. The van der Waals surface area contributed by atoms with Crippen molar-refractivity contribution in [2.24, 2.45) is 5.41 Å². The molecule has 2 amide bonds. The van der Waals surface area contributed by atoms with E-state index in [4.69, 9.17) is 24.5 Å². The molecule has 5 aromatic rings. The number of carbonyl (C=O) groups excluding carboxylic acids is 2. The number of hydrogen-bond acceptors (Lipinski definition) is 11. The highest BCUT2D eigenvalue weighted by atomic mass is 19.1. The number of amides is 2. The van der Waals surface area contributed by atoms with E-state index >= 15 is 0 Å². The molecule has 3 aliphatic heterocycles. The van der Waals surface area contributed by atoms with Gasteiger partial charge in [0.05, 0.1) is 25.0 Å². The zero-order chi connectivity index (χ0) is 41.1. The van der Waals surface area contributed by atoms with Crippen molar-refractivity contribution >= 4 is 34.8 Å². The van der Waals surface area contributed by atoms with Gasteiger partial charge in [-0.25, -0.2) is 28.7 Å². The van der Waals surface area contributed by atoms with Crippen LogP contribution in [0, 0.1) is 5.41 Å². The molecule has 14 nitrogen and oxygen atoms in total. The first kappa shape index (κ1) is 38.7. The summed E-state index contributed by atoms with van der Waals surface area (Å²) in [4.78, 5) is 48.8. The Kier molecular flexibility index (Phi) is 9.89. The largest absolute Gasteiger partial charge is 0.497 e. The van der Waals surface area contributed by atoms with Crippen LogP contribution in [0.3, 0.4) is 0 Å². The fourth-order valence-electron chi connectivity index (χ4n) is 8.69. The standard InChI is InChI=1S/C44H51FN10O4/c1-43(2,3)59-42(57)53-17-14-44(15-18-53)26-52(27-44)25-29-21-46-39(47-22-29)32-7-6-8-35-31(32)13-16-54(35)38-20-36(51(4)24-28-9-11-30(58-5)12-10-28)40-48-23-37(55(40)50-38)41(56)49-34-19-33(34)45/h6-12,20-23,33-34H,13-19,24-27H2,1-5H3,(H,49,56)/t33-,34+/m0/s1. The third-order valence-electron chi connectivity index (χ3n) is 11.9. The van der Waals surface area contributed by atoms with E-state index in [1.165, 1.54) is 6.20 Å². The van der Waals surface area contributed by atoms with Crippen molar-refractivity contribution < 1.29 is 23.5 Å². The van der Waals surface area contributed by atoms with Crippen LogP contribution in [0.2, 0.25) is 0 Å². The van der Waals surface area contributed by atoms with Gasteiger partial charge in [-0.1, -0.05) is 24.3 Å². The molecule has 4 aliphatic rings. The molecule has 15 heteroatoms. The normalized spacial score (nSPS) is 19.7. The highest BCUT2D eigenvalue weighted by molar-refractivity contribution is 5.94. The number of alkyl halides is 1. The van der Waals surface area contributed by atoms with Gasteiger partial charge in [-0.3, -0.25) is 9.69 Å². The molecule has 9 rings (SSSR count). The van der Waals surface area contributed by atoms with Gasteiger partial charge in [-0.05, 0) is 74.8 Å². The summed E-state index contributed by atoms with van der Waals surface area (Å²) in [6, 6.07) is 15.6. The maximum absolute atomic E-state index is 13.8. The Hall–Kier alpha value is -5.83. The second-order valence-electron chi connectivity index (χ2n) is 17.5. The van der Waals surface area contributed by atoms with Crippen molar-refractivity contribution in [3.8, 4) is 17.1 Å². The maximum Gasteiger partial charge on any atom is 0.410 e. The van der Waals surface area contributed by atoms with Gasteiger partial charge in [0.2, 0.25) is 0 Å². The highest BCUT2D eigenvalue weighted by Crippen LogP contribution is 2.42. The number of imidazole rings is 1. The summed E-state index contributed by atoms with van der Waals surface area (Å²) in [7, 11) is 3.64. The third kappa shape index (κ3) is 7.87. The van der Waals surface area contributed by atoms with E-state index in [-0.39, 0.29) is 17.2 Å². The Labute approximate surface area is 343 Å². The molecule has 2 aromatic carbocycles. The van der Waals surface area contributed by atoms with E-state index < -0.39 is 23.7 Å². The van der Waals surface area contributed by atoms with Crippen LogP contribution < -0.4 is 19.9 Å². The number of methoxy groups -OCH3 is 1. The van der Waals surface area contributed by atoms with Crippen LogP contribution in [0.4, 0.5) is 26.4 Å². The van der Waals surface area contributed by atoms with Gasteiger partial charge in [0.1, 0.15) is 17.5 Å². The van der Waals surface area contributed by atoms with E-state index in [0.29, 0.717) is 36.8 Å². The second-order valence-corrected chi connectivity index (χ2v) is 17.5. The maximum atomic E-state index is 13.8. The monoisotopic (exact) mass is 802 g/mol. The van der Waals surface area contributed by atoms with Gasteiger partial charge in [-0.15, -0.1) is 5.10 Å². The molecule has 0 radical (unpaired) electrons. The van der Waals surface area contributed by atoms with E-state index in [0.717, 1.165) is 91.4 Å². The first-order chi connectivity index (χ1) is 28.3. The Morgan fingerprint density at radius 3 is 2.39 bits per heavy atom. The van der Waals surface area contributed by atoms with Gasteiger partial charge in [0.25, 0.3) is 5.91 Å². The minimum atomic E-state index is -1.03. The quantitative estimate of drug-likeness (QED) is 0.173. The molecule has 1 N–H and O–H groups in total. The predicted octanol–water partition coefficient (Wildman–Crippen LogP) is 6.20. The number of nitrogens with one attached hydrogen (secondary N) is 1. The summed E-state index contributed by atoms with van der Waals surface area (Å²) < 4.78 is 26.3. The van der Waals surface area contributed by atoms with Crippen LogP contribution in [-0.4, -0.2) is 111 Å². The second kappa shape index (κ2) is 15.1. The van der Waals surface area contributed by atoms with Crippen LogP contribution in [-0.2, 0) is 24.2 Å². The molecule has 2 saturated heterocycles. The molecular weight excluding hydrogens is 752 g/mol. The first-order valence-electron chi connectivity index (χ1n) is 20.4. The molecule has 6 heterocycles. The van der Waals surface area contributed by atoms with Crippen LogP contribution in [0.15, 0.2) is 67.1 Å². The zero-order valence-corrected chi connectivity index (χ0v) is 34.3.